The SMILES string of the molecule is O=C(Nc1ccc2n[nH]c(C3CCCC(F)C3)c2c1F)[C@@H]1CCCN1. The molecular weight excluding hydrogens is 326 g/mol. The van der Waals surface area contributed by atoms with Gasteiger partial charge in [0.05, 0.1) is 22.6 Å². The minimum Gasteiger partial charge on any atom is -0.322 e. The van der Waals surface area contributed by atoms with Gasteiger partial charge < -0.3 is 10.6 Å². The summed E-state index contributed by atoms with van der Waals surface area (Å²) in [6, 6.07) is 2.95. The van der Waals surface area contributed by atoms with Crippen LogP contribution < -0.4 is 10.6 Å². The van der Waals surface area contributed by atoms with Crippen LogP contribution in [0, 0.1) is 5.82 Å². The molecule has 0 bridgehead atoms. The van der Waals surface area contributed by atoms with Crippen LogP contribution in [0.4, 0.5) is 14.5 Å². The number of benzene rings is 1. The third-order valence-corrected chi connectivity index (χ3v) is 5.34. The predicted octanol–water partition coefficient (Wildman–Crippen LogP) is 3.39. The van der Waals surface area contributed by atoms with E-state index < -0.39 is 12.0 Å². The summed E-state index contributed by atoms with van der Waals surface area (Å²) in [6.45, 7) is 0.803. The minimum absolute atomic E-state index is 0.0642. The highest BCUT2D eigenvalue weighted by Crippen LogP contribution is 2.38. The fourth-order valence-corrected chi connectivity index (χ4v) is 4.00. The lowest BCUT2D eigenvalue weighted by Gasteiger charge is -2.23. The van der Waals surface area contributed by atoms with E-state index in [4.69, 9.17) is 0 Å². The Labute approximate surface area is 144 Å². The Balaban J connectivity index is 1.64. The van der Waals surface area contributed by atoms with E-state index in [9.17, 15) is 9.18 Å². The molecular formula is C18H22F2N4O. The molecule has 25 heavy (non-hydrogen) atoms. The van der Waals surface area contributed by atoms with Crippen LogP contribution in [-0.2, 0) is 4.79 Å². The van der Waals surface area contributed by atoms with Gasteiger partial charge in [-0.05, 0) is 57.2 Å². The average Bonchev–Trinajstić information content (AvgIpc) is 3.27. The first-order valence-corrected chi connectivity index (χ1v) is 8.98. The quantitative estimate of drug-likeness (QED) is 0.796. The molecule has 3 atom stereocenters. The molecule has 3 N–H and O–H groups in total. The van der Waals surface area contributed by atoms with Crippen molar-refractivity contribution in [1.29, 1.82) is 0 Å². The topological polar surface area (TPSA) is 69.8 Å². The summed E-state index contributed by atoms with van der Waals surface area (Å²) in [5, 5.41) is 13.2. The Bertz CT molecular complexity index is 785. The molecule has 1 aliphatic heterocycles. The standard InChI is InChI=1S/C18H22F2N4O/c19-11-4-1-3-10(9-11)17-15-12(23-24-17)6-7-13(16(15)20)22-18(25)14-5-2-8-21-14/h6-7,10-11,14,21H,1-5,8-9H2,(H,22,25)(H,23,24)/t10?,11?,14-/m0/s1. The Kier molecular flexibility index (Phi) is 4.41. The van der Waals surface area contributed by atoms with Gasteiger partial charge in [0.25, 0.3) is 0 Å². The van der Waals surface area contributed by atoms with E-state index in [0.29, 0.717) is 29.4 Å². The molecule has 2 heterocycles. The van der Waals surface area contributed by atoms with Crippen LogP contribution in [0.1, 0.15) is 50.1 Å². The lowest BCUT2D eigenvalue weighted by molar-refractivity contribution is -0.117. The van der Waals surface area contributed by atoms with Gasteiger partial charge in [-0.15, -0.1) is 0 Å². The number of fused-ring (bicyclic) bond motifs is 1. The minimum atomic E-state index is -0.850. The fourth-order valence-electron chi connectivity index (χ4n) is 4.00. The first-order chi connectivity index (χ1) is 12.1. The second-order valence-corrected chi connectivity index (χ2v) is 7.06. The van der Waals surface area contributed by atoms with Gasteiger partial charge in [0.2, 0.25) is 5.91 Å². The van der Waals surface area contributed by atoms with Crippen molar-refractivity contribution in [2.75, 3.05) is 11.9 Å². The number of anilines is 1. The Morgan fingerprint density at radius 1 is 1.24 bits per heavy atom. The zero-order valence-electron chi connectivity index (χ0n) is 13.9. The van der Waals surface area contributed by atoms with Crippen LogP contribution in [0.15, 0.2) is 12.1 Å². The molecule has 0 spiro atoms. The summed E-state index contributed by atoms with van der Waals surface area (Å²) < 4.78 is 28.8. The molecule has 1 aliphatic carbocycles. The van der Waals surface area contributed by atoms with Crippen molar-refractivity contribution in [3.05, 3.63) is 23.6 Å². The van der Waals surface area contributed by atoms with E-state index in [0.717, 1.165) is 32.2 Å². The number of nitrogens with one attached hydrogen (secondary N) is 3. The Morgan fingerprint density at radius 2 is 2.12 bits per heavy atom. The van der Waals surface area contributed by atoms with Crippen LogP contribution in [0.3, 0.4) is 0 Å². The van der Waals surface area contributed by atoms with Crippen molar-refractivity contribution in [1.82, 2.24) is 15.5 Å². The first-order valence-electron chi connectivity index (χ1n) is 8.98. The average molecular weight is 348 g/mol. The van der Waals surface area contributed by atoms with E-state index in [1.54, 1.807) is 6.07 Å². The predicted molar refractivity (Wildman–Crippen MR) is 91.8 cm³/mol. The zero-order chi connectivity index (χ0) is 17.4. The van der Waals surface area contributed by atoms with Crippen LogP contribution in [0.5, 0.6) is 0 Å². The van der Waals surface area contributed by atoms with E-state index >= 15 is 4.39 Å². The maximum absolute atomic E-state index is 15.1. The van der Waals surface area contributed by atoms with Gasteiger partial charge in [-0.1, -0.05) is 0 Å². The molecule has 2 fully saturated rings. The summed E-state index contributed by atoms with van der Waals surface area (Å²) in [5.41, 5.74) is 1.30. The third-order valence-electron chi connectivity index (χ3n) is 5.34. The number of amides is 1. The Hall–Kier alpha value is -2.02. The van der Waals surface area contributed by atoms with Gasteiger partial charge in [0.1, 0.15) is 6.17 Å². The molecule has 5 nitrogen and oxygen atoms in total. The second kappa shape index (κ2) is 6.71. The third kappa shape index (κ3) is 3.13. The molecule has 7 heteroatoms. The summed E-state index contributed by atoms with van der Waals surface area (Å²) >= 11 is 0. The molecule has 1 aromatic heterocycles. The number of alkyl halides is 1. The number of carbonyl (C=O) groups excluding carboxylic acids is 1. The molecule has 2 aliphatic rings. The van der Waals surface area contributed by atoms with E-state index in [1.165, 1.54) is 6.07 Å². The molecule has 2 unspecified atom stereocenters. The number of hydrogen-bond donors (Lipinski definition) is 3. The lowest BCUT2D eigenvalue weighted by atomic mass is 9.84. The van der Waals surface area contributed by atoms with Gasteiger partial charge in [-0.25, -0.2) is 8.78 Å². The highest BCUT2D eigenvalue weighted by atomic mass is 19.1. The summed E-state index contributed by atoms with van der Waals surface area (Å²) in [6.07, 6.45) is 3.42. The second-order valence-electron chi connectivity index (χ2n) is 7.06. The molecule has 4 rings (SSSR count). The number of aromatic nitrogens is 2. The number of H-pyrrole nitrogens is 1. The van der Waals surface area contributed by atoms with Crippen molar-refractivity contribution in [2.45, 2.75) is 56.7 Å². The van der Waals surface area contributed by atoms with Crippen molar-refractivity contribution < 1.29 is 13.6 Å². The maximum Gasteiger partial charge on any atom is 0.241 e. The van der Waals surface area contributed by atoms with Gasteiger partial charge in [0, 0.05) is 11.6 Å². The van der Waals surface area contributed by atoms with Crippen molar-refractivity contribution >= 4 is 22.5 Å². The monoisotopic (exact) mass is 348 g/mol. The smallest absolute Gasteiger partial charge is 0.241 e. The van der Waals surface area contributed by atoms with Gasteiger partial charge in [-0.2, -0.15) is 5.10 Å². The van der Waals surface area contributed by atoms with Gasteiger partial charge in [-0.3, -0.25) is 9.89 Å². The molecule has 134 valence electrons. The molecule has 0 radical (unpaired) electrons. The highest BCUT2D eigenvalue weighted by molar-refractivity contribution is 5.97. The molecule has 2 aromatic rings. The summed E-state index contributed by atoms with van der Waals surface area (Å²) in [5.74, 6) is -0.776. The number of halogens is 2. The number of nitrogens with zero attached hydrogens (tertiary/aromatic N) is 1. The van der Waals surface area contributed by atoms with Crippen molar-refractivity contribution in [3.63, 3.8) is 0 Å². The summed E-state index contributed by atoms with van der Waals surface area (Å²) in [7, 11) is 0. The van der Waals surface area contributed by atoms with Crippen LogP contribution in [0.2, 0.25) is 0 Å². The van der Waals surface area contributed by atoms with Gasteiger partial charge >= 0.3 is 0 Å². The first kappa shape index (κ1) is 16.4. The normalized spacial score (nSPS) is 26.9. The van der Waals surface area contributed by atoms with E-state index in [-0.39, 0.29) is 23.6 Å². The van der Waals surface area contributed by atoms with Gasteiger partial charge in [0.15, 0.2) is 5.82 Å². The van der Waals surface area contributed by atoms with E-state index in [2.05, 4.69) is 20.8 Å². The zero-order valence-corrected chi connectivity index (χ0v) is 13.9. The molecule has 1 saturated heterocycles. The van der Waals surface area contributed by atoms with Crippen molar-refractivity contribution in [3.8, 4) is 0 Å². The van der Waals surface area contributed by atoms with Crippen LogP contribution >= 0.6 is 0 Å². The fraction of sp³-hybridized carbons (Fsp3) is 0.556. The van der Waals surface area contributed by atoms with E-state index in [1.807, 2.05) is 0 Å². The maximum atomic E-state index is 15.1. The number of aromatic amines is 1. The largest absolute Gasteiger partial charge is 0.322 e. The Morgan fingerprint density at radius 3 is 2.88 bits per heavy atom. The molecule has 1 aromatic carbocycles. The number of hydrogen-bond acceptors (Lipinski definition) is 3. The van der Waals surface area contributed by atoms with Crippen LogP contribution in [-0.4, -0.2) is 34.9 Å². The number of rotatable bonds is 3. The van der Waals surface area contributed by atoms with Crippen LogP contribution in [0.25, 0.3) is 10.9 Å². The highest BCUT2D eigenvalue weighted by Gasteiger charge is 2.28. The number of carbonyl (C=O) groups is 1. The molecule has 1 saturated carbocycles. The molecule has 1 amide bonds. The lowest BCUT2D eigenvalue weighted by Crippen LogP contribution is -2.35. The van der Waals surface area contributed by atoms with Crippen molar-refractivity contribution in [2.24, 2.45) is 0 Å². The summed E-state index contributed by atoms with van der Waals surface area (Å²) in [4.78, 5) is 12.3.